The van der Waals surface area contributed by atoms with Crippen molar-refractivity contribution in [1.29, 1.82) is 0 Å². The van der Waals surface area contributed by atoms with E-state index >= 15 is 0 Å². The molecule has 0 aliphatic carbocycles. The number of nitrogens with one attached hydrogen (secondary N) is 2. The van der Waals surface area contributed by atoms with Gasteiger partial charge in [-0.1, -0.05) is 41.5 Å². The number of aliphatic hydroxyl groups excluding tert-OH is 1. The summed E-state index contributed by atoms with van der Waals surface area (Å²) in [7, 11) is 0. The Bertz CT molecular complexity index is 1720. The van der Waals surface area contributed by atoms with Gasteiger partial charge < -0.3 is 24.1 Å². The molecule has 0 radical (unpaired) electrons. The third-order valence-corrected chi connectivity index (χ3v) is 7.45. The number of carbonyl (C=O) groups excluding carboxylic acids is 2. The van der Waals surface area contributed by atoms with Crippen LogP contribution in [0.1, 0.15) is 68.4 Å². The highest BCUT2D eigenvalue weighted by molar-refractivity contribution is 6.01. The molecule has 0 spiro atoms. The first-order valence-corrected chi connectivity index (χ1v) is 16.0. The largest absolute Gasteiger partial charge is 0.573 e. The molecule has 0 aromatic heterocycles. The van der Waals surface area contributed by atoms with Crippen molar-refractivity contribution in [2.45, 2.75) is 76.7 Å². The lowest BCUT2D eigenvalue weighted by Gasteiger charge is -2.31. The van der Waals surface area contributed by atoms with Crippen LogP contribution in [0.5, 0.6) is 11.5 Å². The Morgan fingerprint density at radius 2 is 1.73 bits per heavy atom. The fourth-order valence-electron chi connectivity index (χ4n) is 5.22. The Hall–Kier alpha value is -5.31. The SMILES string of the molecule is CC(C)(C)OC(=O)CC[C@]1(C(=O)NNCc2ccc(OC(F)(F)F)cc2)N=C(c2ccc(OCCCO)cc2)O[C@H]1c1ccccc1CN=[N+]=[N-]. The molecule has 13 nitrogen and oxygen atoms in total. The number of aliphatic imine (C=N–C) groups is 1. The smallest absolute Gasteiger partial charge is 0.494 e. The maximum Gasteiger partial charge on any atom is 0.573 e. The molecule has 0 bridgehead atoms. The van der Waals surface area contributed by atoms with Gasteiger partial charge in [0.1, 0.15) is 17.1 Å². The van der Waals surface area contributed by atoms with Crippen LogP contribution >= 0.6 is 0 Å². The Morgan fingerprint density at radius 3 is 2.37 bits per heavy atom. The predicted molar refractivity (Wildman–Crippen MR) is 179 cm³/mol. The van der Waals surface area contributed by atoms with E-state index in [9.17, 15) is 22.8 Å². The predicted octanol–water partition coefficient (Wildman–Crippen LogP) is 6.36. The molecule has 1 heterocycles. The van der Waals surface area contributed by atoms with E-state index in [0.29, 0.717) is 41.0 Å². The van der Waals surface area contributed by atoms with Crippen molar-refractivity contribution in [3.05, 3.63) is 105 Å². The second kappa shape index (κ2) is 17.1. The number of benzene rings is 3. The molecular weight excluding hydrogens is 673 g/mol. The standard InChI is InChI=1S/C35H39F3N6O7/c1-33(2,3)51-29(46)17-18-34(32(47)43-40-21-23-9-13-27(14-10-23)50-35(36,37)38)30(28-8-5-4-7-25(28)22-41-44-39)49-31(42-34)24-11-15-26(16-12-24)48-20-6-19-45/h4-5,7-16,30,40,45H,6,17-22H2,1-3H3,(H,43,47)/t30-,34-/m0/s1. The number of hydrazine groups is 1. The molecule has 3 aromatic carbocycles. The maximum absolute atomic E-state index is 14.4. The summed E-state index contributed by atoms with van der Waals surface area (Å²) in [6.07, 6.45) is -5.88. The van der Waals surface area contributed by atoms with E-state index < -0.39 is 41.2 Å². The number of hydrogen-bond acceptors (Lipinski definition) is 10. The van der Waals surface area contributed by atoms with E-state index in [-0.39, 0.29) is 38.4 Å². The van der Waals surface area contributed by atoms with Gasteiger partial charge in [0.15, 0.2) is 11.6 Å². The molecule has 1 amide bonds. The van der Waals surface area contributed by atoms with Crippen molar-refractivity contribution in [3.63, 3.8) is 0 Å². The van der Waals surface area contributed by atoms with Gasteiger partial charge in [0.2, 0.25) is 5.90 Å². The lowest BCUT2D eigenvalue weighted by molar-refractivity contribution is -0.274. The molecule has 1 aliphatic heterocycles. The summed E-state index contributed by atoms with van der Waals surface area (Å²) in [6, 6.07) is 18.8. The minimum atomic E-state index is -4.84. The highest BCUT2D eigenvalue weighted by Crippen LogP contribution is 2.44. The molecule has 16 heteroatoms. The van der Waals surface area contributed by atoms with Gasteiger partial charge in [0, 0.05) is 36.5 Å². The third kappa shape index (κ3) is 11.1. The number of rotatable bonds is 16. The average Bonchev–Trinajstić information content (AvgIpc) is 3.47. The van der Waals surface area contributed by atoms with E-state index in [0.717, 1.165) is 12.1 Å². The number of hydrogen-bond donors (Lipinski definition) is 3. The topological polar surface area (TPSA) is 176 Å². The van der Waals surface area contributed by atoms with Crippen molar-refractivity contribution in [1.82, 2.24) is 10.9 Å². The number of esters is 1. The molecule has 0 saturated carbocycles. The summed E-state index contributed by atoms with van der Waals surface area (Å²) in [5.74, 6) is -1.00. The van der Waals surface area contributed by atoms with Gasteiger partial charge in [0.25, 0.3) is 5.91 Å². The van der Waals surface area contributed by atoms with Crippen LogP contribution in [0.15, 0.2) is 82.9 Å². The summed E-state index contributed by atoms with van der Waals surface area (Å²) in [6.45, 7) is 5.41. The minimum absolute atomic E-state index is 0.00743. The van der Waals surface area contributed by atoms with Gasteiger partial charge in [-0.25, -0.2) is 10.4 Å². The number of alkyl halides is 3. The van der Waals surface area contributed by atoms with E-state index in [1.54, 1.807) is 69.3 Å². The molecule has 272 valence electrons. The van der Waals surface area contributed by atoms with E-state index in [4.69, 9.17) is 29.8 Å². The second-order valence-electron chi connectivity index (χ2n) is 12.5. The number of aliphatic hydroxyl groups is 1. The van der Waals surface area contributed by atoms with Gasteiger partial charge in [-0.3, -0.25) is 15.0 Å². The Labute approximate surface area is 292 Å². The van der Waals surface area contributed by atoms with Crippen molar-refractivity contribution < 1.29 is 46.8 Å². The highest BCUT2D eigenvalue weighted by Gasteiger charge is 2.54. The molecule has 0 fully saturated rings. The Balaban J connectivity index is 1.70. The second-order valence-corrected chi connectivity index (χ2v) is 12.5. The zero-order valence-electron chi connectivity index (χ0n) is 28.3. The summed E-state index contributed by atoms with van der Waals surface area (Å²) in [5.41, 5.74) is 14.0. The van der Waals surface area contributed by atoms with Crippen LogP contribution in [-0.2, 0) is 32.2 Å². The van der Waals surface area contributed by atoms with Gasteiger partial charge in [-0.2, -0.15) is 0 Å². The Kier molecular flexibility index (Phi) is 12.9. The summed E-state index contributed by atoms with van der Waals surface area (Å²) >= 11 is 0. The number of carbonyl (C=O) groups is 2. The number of azide groups is 1. The molecule has 2 atom stereocenters. The molecule has 0 unspecified atom stereocenters. The van der Waals surface area contributed by atoms with Gasteiger partial charge >= 0.3 is 12.3 Å². The van der Waals surface area contributed by atoms with Gasteiger partial charge in [-0.15, -0.1) is 13.2 Å². The first-order chi connectivity index (χ1) is 24.2. The fourth-order valence-corrected chi connectivity index (χ4v) is 5.22. The maximum atomic E-state index is 14.4. The molecule has 3 N–H and O–H groups in total. The molecule has 51 heavy (non-hydrogen) atoms. The van der Waals surface area contributed by atoms with Crippen molar-refractivity contribution in [2.24, 2.45) is 10.1 Å². The van der Waals surface area contributed by atoms with Crippen LogP contribution in [0.3, 0.4) is 0 Å². The van der Waals surface area contributed by atoms with Gasteiger partial charge in [0.05, 0.1) is 13.2 Å². The van der Waals surface area contributed by atoms with E-state index in [1.165, 1.54) is 12.1 Å². The van der Waals surface area contributed by atoms with Crippen LogP contribution in [0, 0.1) is 0 Å². The zero-order valence-corrected chi connectivity index (χ0v) is 28.3. The first kappa shape index (κ1) is 38.5. The third-order valence-electron chi connectivity index (χ3n) is 7.45. The van der Waals surface area contributed by atoms with Crippen LogP contribution < -0.4 is 20.3 Å². The van der Waals surface area contributed by atoms with Crippen molar-refractivity contribution >= 4 is 17.8 Å². The van der Waals surface area contributed by atoms with Crippen LogP contribution in [0.25, 0.3) is 10.4 Å². The lowest BCUT2D eigenvalue weighted by atomic mass is 9.82. The summed E-state index contributed by atoms with van der Waals surface area (Å²) < 4.78 is 59.4. The monoisotopic (exact) mass is 712 g/mol. The van der Waals surface area contributed by atoms with Crippen LogP contribution in [0.4, 0.5) is 13.2 Å². The molecule has 0 saturated heterocycles. The first-order valence-electron chi connectivity index (χ1n) is 16.0. The number of nitrogens with zero attached hydrogens (tertiary/aromatic N) is 4. The number of ether oxygens (including phenoxy) is 4. The summed E-state index contributed by atoms with van der Waals surface area (Å²) in [5, 5.41) is 12.8. The normalized spacial score (nSPS) is 17.1. The van der Waals surface area contributed by atoms with Crippen LogP contribution in [-0.4, -0.2) is 53.6 Å². The molecule has 4 rings (SSSR count). The quantitative estimate of drug-likeness (QED) is 0.0384. The number of halogens is 3. The molecule has 1 aliphatic rings. The lowest BCUT2D eigenvalue weighted by Crippen LogP contribution is -2.53. The number of amides is 1. The van der Waals surface area contributed by atoms with Crippen molar-refractivity contribution in [3.8, 4) is 11.5 Å². The molecular formula is C35H39F3N6O7. The van der Waals surface area contributed by atoms with E-state index in [2.05, 4.69) is 25.6 Å². The van der Waals surface area contributed by atoms with Crippen LogP contribution in [0.2, 0.25) is 0 Å². The minimum Gasteiger partial charge on any atom is -0.494 e. The average molecular weight is 713 g/mol. The zero-order chi connectivity index (χ0) is 37.1. The molecule has 3 aromatic rings. The fraction of sp³-hybridized carbons (Fsp3) is 0.400. The summed E-state index contributed by atoms with van der Waals surface area (Å²) in [4.78, 5) is 35.1. The highest BCUT2D eigenvalue weighted by atomic mass is 19.4. The van der Waals surface area contributed by atoms with E-state index in [1.807, 2.05) is 0 Å². The van der Waals surface area contributed by atoms with Crippen molar-refractivity contribution in [2.75, 3.05) is 13.2 Å². The van der Waals surface area contributed by atoms with Gasteiger partial charge in [-0.05, 0) is 85.8 Å². The Morgan fingerprint density at radius 1 is 1.04 bits per heavy atom.